The molecule has 1 atom stereocenters. The molecule has 22 heavy (non-hydrogen) atoms. The third-order valence-corrected chi connectivity index (χ3v) is 3.29. The fourth-order valence-electron chi connectivity index (χ4n) is 2.25. The number of amides is 2. The third-order valence-electron chi connectivity index (χ3n) is 3.29. The van der Waals surface area contributed by atoms with Crippen LogP contribution in [0.1, 0.15) is 12.8 Å². The number of aromatic nitrogens is 1. The molecule has 2 aliphatic heterocycles. The van der Waals surface area contributed by atoms with Gasteiger partial charge in [-0.2, -0.15) is 0 Å². The quantitative estimate of drug-likeness (QED) is 0.836. The number of cyclic esters (lactones) is 1. The van der Waals surface area contributed by atoms with Crippen LogP contribution in [0.25, 0.3) is 0 Å². The van der Waals surface area contributed by atoms with Crippen molar-refractivity contribution in [2.45, 2.75) is 18.9 Å². The van der Waals surface area contributed by atoms with Gasteiger partial charge in [-0.25, -0.2) is 9.78 Å². The second-order valence-electron chi connectivity index (χ2n) is 4.90. The molecule has 0 radical (unpaired) electrons. The van der Waals surface area contributed by atoms with Crippen molar-refractivity contribution in [3.63, 3.8) is 0 Å². The zero-order valence-corrected chi connectivity index (χ0v) is 11.4. The van der Waals surface area contributed by atoms with E-state index in [0.717, 1.165) is 0 Å². The van der Waals surface area contributed by atoms with Crippen LogP contribution in [-0.2, 0) is 14.3 Å². The number of hydrogen-bond acceptors (Lipinski definition) is 6. The number of pyridine rings is 1. The van der Waals surface area contributed by atoms with E-state index < -0.39 is 18.2 Å². The number of anilines is 2. The maximum Gasteiger partial charge on any atom is 0.415 e. The van der Waals surface area contributed by atoms with Gasteiger partial charge in [0.15, 0.2) is 18.2 Å². The fourth-order valence-corrected chi connectivity index (χ4v) is 2.25. The van der Waals surface area contributed by atoms with E-state index >= 15 is 0 Å². The predicted molar refractivity (Wildman–Crippen MR) is 72.8 cm³/mol. The molecular formula is C13H13N3O6. The molecule has 0 aromatic carbocycles. The first kappa shape index (κ1) is 14.1. The summed E-state index contributed by atoms with van der Waals surface area (Å²) in [5.74, 6) is -0.275. The van der Waals surface area contributed by atoms with Crippen LogP contribution in [0.3, 0.4) is 0 Å². The minimum atomic E-state index is -0.943. The van der Waals surface area contributed by atoms with Crippen LogP contribution in [0.15, 0.2) is 12.1 Å². The molecule has 3 heterocycles. The van der Waals surface area contributed by atoms with Gasteiger partial charge in [0.25, 0.3) is 5.91 Å². The predicted octanol–water partition coefficient (Wildman–Crippen LogP) is 0.602. The van der Waals surface area contributed by atoms with E-state index in [-0.39, 0.29) is 37.7 Å². The molecule has 2 N–H and O–H groups in total. The molecule has 0 spiro atoms. The van der Waals surface area contributed by atoms with Gasteiger partial charge >= 0.3 is 12.1 Å². The molecule has 1 aromatic heterocycles. The van der Waals surface area contributed by atoms with Crippen molar-refractivity contribution >= 4 is 29.6 Å². The molecule has 2 aliphatic rings. The molecule has 1 fully saturated rings. The number of ether oxygens (including phenoxy) is 2. The monoisotopic (exact) mass is 307 g/mol. The topological polar surface area (TPSA) is 118 Å². The number of carbonyl (C=O) groups excluding carboxylic acids is 2. The Balaban J connectivity index is 1.74. The first-order valence-electron chi connectivity index (χ1n) is 6.66. The Morgan fingerprint density at radius 1 is 1.45 bits per heavy atom. The number of carboxylic acid groups (broad SMARTS) is 1. The Morgan fingerprint density at radius 3 is 3.05 bits per heavy atom. The van der Waals surface area contributed by atoms with Crippen molar-refractivity contribution in [3.8, 4) is 5.75 Å². The second kappa shape index (κ2) is 5.51. The summed E-state index contributed by atoms with van der Waals surface area (Å²) in [5, 5.41) is 11.2. The lowest BCUT2D eigenvalue weighted by Crippen LogP contribution is -2.29. The van der Waals surface area contributed by atoms with Crippen molar-refractivity contribution in [1.82, 2.24) is 4.98 Å². The molecule has 0 bridgehead atoms. The highest BCUT2D eigenvalue weighted by atomic mass is 16.6. The van der Waals surface area contributed by atoms with Crippen molar-refractivity contribution in [3.05, 3.63) is 12.1 Å². The first-order chi connectivity index (χ1) is 10.5. The Bertz CT molecular complexity index is 647. The highest BCUT2D eigenvalue weighted by Gasteiger charge is 2.34. The summed E-state index contributed by atoms with van der Waals surface area (Å²) in [6, 6.07) is 3.19. The number of carboxylic acids is 1. The SMILES string of the molecule is O=C(O)CCC1CN(c2ccc3c(n2)NC(=O)CO3)C(=O)O1. The van der Waals surface area contributed by atoms with E-state index in [1.807, 2.05) is 0 Å². The maximum atomic E-state index is 11.9. The number of aliphatic carboxylic acids is 1. The molecule has 2 amide bonds. The molecule has 1 aromatic rings. The van der Waals surface area contributed by atoms with E-state index in [1.165, 1.54) is 4.90 Å². The van der Waals surface area contributed by atoms with Gasteiger partial charge in [0.2, 0.25) is 0 Å². The molecular weight excluding hydrogens is 294 g/mol. The van der Waals surface area contributed by atoms with Gasteiger partial charge in [-0.1, -0.05) is 0 Å². The maximum absolute atomic E-state index is 11.9. The average molecular weight is 307 g/mol. The summed E-state index contributed by atoms with van der Waals surface area (Å²) < 4.78 is 10.3. The van der Waals surface area contributed by atoms with E-state index in [4.69, 9.17) is 14.6 Å². The van der Waals surface area contributed by atoms with E-state index in [9.17, 15) is 14.4 Å². The van der Waals surface area contributed by atoms with E-state index in [2.05, 4.69) is 10.3 Å². The second-order valence-corrected chi connectivity index (χ2v) is 4.90. The van der Waals surface area contributed by atoms with Crippen LogP contribution >= 0.6 is 0 Å². The summed E-state index contributed by atoms with van der Waals surface area (Å²) in [4.78, 5) is 39.2. The van der Waals surface area contributed by atoms with Gasteiger partial charge in [0.1, 0.15) is 11.9 Å². The molecule has 9 nitrogen and oxygen atoms in total. The summed E-state index contributed by atoms with van der Waals surface area (Å²) in [6.45, 7) is 0.143. The zero-order valence-electron chi connectivity index (χ0n) is 11.4. The largest absolute Gasteiger partial charge is 0.481 e. The van der Waals surface area contributed by atoms with Crippen LogP contribution in [0, 0.1) is 0 Å². The Labute approximate surface area is 124 Å². The lowest BCUT2D eigenvalue weighted by Gasteiger charge is -2.19. The number of rotatable bonds is 4. The number of carbonyl (C=O) groups is 3. The van der Waals surface area contributed by atoms with Gasteiger partial charge in [-0.05, 0) is 18.6 Å². The minimum absolute atomic E-state index is 0.0724. The number of hydrogen-bond donors (Lipinski definition) is 2. The molecule has 0 saturated carbocycles. The van der Waals surface area contributed by atoms with Gasteiger partial charge in [0, 0.05) is 6.42 Å². The van der Waals surface area contributed by atoms with Gasteiger partial charge in [-0.3, -0.25) is 14.5 Å². The van der Waals surface area contributed by atoms with Crippen LogP contribution in [0.5, 0.6) is 5.75 Å². The van der Waals surface area contributed by atoms with Crippen molar-refractivity contribution < 1.29 is 29.0 Å². The first-order valence-corrected chi connectivity index (χ1v) is 6.66. The third kappa shape index (κ3) is 2.78. The highest BCUT2D eigenvalue weighted by Crippen LogP contribution is 2.30. The molecule has 0 aliphatic carbocycles. The molecule has 1 unspecified atom stereocenters. The van der Waals surface area contributed by atoms with Gasteiger partial charge in [0.05, 0.1) is 6.54 Å². The Morgan fingerprint density at radius 2 is 2.27 bits per heavy atom. The molecule has 116 valence electrons. The van der Waals surface area contributed by atoms with Crippen molar-refractivity contribution in [2.75, 3.05) is 23.4 Å². The zero-order chi connectivity index (χ0) is 15.7. The summed E-state index contributed by atoms with van der Waals surface area (Å²) in [7, 11) is 0. The normalized spacial score (nSPS) is 20.0. The number of nitrogens with zero attached hydrogens (tertiary/aromatic N) is 2. The molecule has 3 rings (SSSR count). The average Bonchev–Trinajstić information content (AvgIpc) is 2.85. The Hall–Kier alpha value is -2.84. The van der Waals surface area contributed by atoms with Crippen LogP contribution in [-0.4, -0.2) is 47.3 Å². The van der Waals surface area contributed by atoms with Crippen LogP contribution < -0.4 is 15.0 Å². The summed E-state index contributed by atoms with van der Waals surface area (Å²) in [6.07, 6.45) is -0.923. The smallest absolute Gasteiger partial charge is 0.415 e. The lowest BCUT2D eigenvalue weighted by molar-refractivity contribution is -0.137. The van der Waals surface area contributed by atoms with Gasteiger partial charge < -0.3 is 19.9 Å². The highest BCUT2D eigenvalue weighted by molar-refractivity contribution is 5.95. The Kier molecular flexibility index (Phi) is 3.53. The van der Waals surface area contributed by atoms with Gasteiger partial charge in [-0.15, -0.1) is 0 Å². The summed E-state index contributed by atoms with van der Waals surface area (Å²) >= 11 is 0. The number of fused-ring (bicyclic) bond motifs is 1. The van der Waals surface area contributed by atoms with E-state index in [1.54, 1.807) is 12.1 Å². The van der Waals surface area contributed by atoms with Crippen LogP contribution in [0.4, 0.5) is 16.4 Å². The molecule has 9 heteroatoms. The van der Waals surface area contributed by atoms with E-state index in [0.29, 0.717) is 11.6 Å². The lowest BCUT2D eigenvalue weighted by atomic mass is 10.2. The van der Waals surface area contributed by atoms with Crippen LogP contribution in [0.2, 0.25) is 0 Å². The standard InChI is InChI=1S/C13H13N3O6/c17-10-6-21-8-2-3-9(14-12(8)15-10)16-5-7(22-13(16)20)1-4-11(18)19/h2-3,7H,1,4-6H2,(H,18,19)(H,14,15,17). The summed E-state index contributed by atoms with van der Waals surface area (Å²) in [5.41, 5.74) is 0. The minimum Gasteiger partial charge on any atom is -0.481 e. The molecule has 1 saturated heterocycles. The van der Waals surface area contributed by atoms with Crippen molar-refractivity contribution in [2.24, 2.45) is 0 Å². The number of nitrogens with one attached hydrogen (secondary N) is 1. The fraction of sp³-hybridized carbons (Fsp3) is 0.385. The van der Waals surface area contributed by atoms with Crippen molar-refractivity contribution in [1.29, 1.82) is 0 Å².